The van der Waals surface area contributed by atoms with E-state index in [9.17, 15) is 14.7 Å². The molecule has 2 aromatic carbocycles. The number of amides is 1. The number of hydrogen-bond acceptors (Lipinski definition) is 5. The van der Waals surface area contributed by atoms with Crippen molar-refractivity contribution in [2.75, 3.05) is 18.1 Å². The van der Waals surface area contributed by atoms with Gasteiger partial charge in [-0.05, 0) is 37.6 Å². The zero-order valence-corrected chi connectivity index (χ0v) is 16.9. The van der Waals surface area contributed by atoms with Crippen molar-refractivity contribution in [3.05, 3.63) is 83.3 Å². The van der Waals surface area contributed by atoms with Crippen LogP contribution in [0.15, 0.2) is 65.3 Å². The van der Waals surface area contributed by atoms with Crippen molar-refractivity contribution in [3.8, 4) is 5.75 Å². The van der Waals surface area contributed by atoms with E-state index in [1.807, 2.05) is 30.3 Å². The van der Waals surface area contributed by atoms with E-state index >= 15 is 0 Å². The highest BCUT2D eigenvalue weighted by Gasteiger charge is 2.51. The topological polar surface area (TPSA) is 80.0 Å². The summed E-state index contributed by atoms with van der Waals surface area (Å²) in [6.07, 6.45) is 1.16. The lowest BCUT2D eigenvalue weighted by atomic mass is 9.87. The van der Waals surface area contributed by atoms with Crippen LogP contribution in [0.4, 0.5) is 5.69 Å². The second-order valence-electron chi connectivity index (χ2n) is 7.45. The quantitative estimate of drug-likeness (QED) is 0.605. The SMILES string of the molecule is Cc1coc(C)c1C(=O)CC1(O)C(=O)N(CCOc2ccccc2)c2ccccc21. The summed E-state index contributed by atoms with van der Waals surface area (Å²) in [6, 6.07) is 16.3. The van der Waals surface area contributed by atoms with Crippen LogP contribution in [0.5, 0.6) is 5.75 Å². The molecule has 2 heterocycles. The summed E-state index contributed by atoms with van der Waals surface area (Å²) >= 11 is 0. The van der Waals surface area contributed by atoms with Gasteiger partial charge >= 0.3 is 0 Å². The molecule has 1 aliphatic heterocycles. The molecule has 30 heavy (non-hydrogen) atoms. The molecule has 0 radical (unpaired) electrons. The van der Waals surface area contributed by atoms with Gasteiger partial charge in [-0.1, -0.05) is 36.4 Å². The molecule has 1 amide bonds. The summed E-state index contributed by atoms with van der Waals surface area (Å²) < 4.78 is 11.0. The van der Waals surface area contributed by atoms with Crippen LogP contribution in [0.3, 0.4) is 0 Å². The number of furan rings is 1. The average molecular weight is 405 g/mol. The minimum absolute atomic E-state index is 0.255. The number of aryl methyl sites for hydroxylation is 2. The molecular weight excluding hydrogens is 382 g/mol. The van der Waals surface area contributed by atoms with Crippen molar-refractivity contribution in [3.63, 3.8) is 0 Å². The fourth-order valence-electron chi connectivity index (χ4n) is 3.98. The largest absolute Gasteiger partial charge is 0.492 e. The first-order valence-corrected chi connectivity index (χ1v) is 9.81. The Morgan fingerprint density at radius 2 is 1.80 bits per heavy atom. The van der Waals surface area contributed by atoms with Crippen molar-refractivity contribution < 1.29 is 23.8 Å². The van der Waals surface area contributed by atoms with Crippen molar-refractivity contribution in [2.24, 2.45) is 0 Å². The molecule has 6 heteroatoms. The molecule has 1 aromatic heterocycles. The van der Waals surface area contributed by atoms with Gasteiger partial charge in [0.1, 0.15) is 18.1 Å². The van der Waals surface area contributed by atoms with E-state index in [0.29, 0.717) is 33.9 Å². The Morgan fingerprint density at radius 1 is 1.10 bits per heavy atom. The van der Waals surface area contributed by atoms with Gasteiger partial charge in [-0.3, -0.25) is 9.59 Å². The van der Waals surface area contributed by atoms with Gasteiger partial charge in [0, 0.05) is 5.56 Å². The lowest BCUT2D eigenvalue weighted by molar-refractivity contribution is -0.135. The normalized spacial score (nSPS) is 17.8. The number of anilines is 1. The maximum absolute atomic E-state index is 13.2. The number of ketones is 1. The Hall–Kier alpha value is -3.38. The third-order valence-electron chi connectivity index (χ3n) is 5.42. The predicted molar refractivity (Wildman–Crippen MR) is 112 cm³/mol. The van der Waals surface area contributed by atoms with E-state index < -0.39 is 11.5 Å². The number of para-hydroxylation sites is 2. The summed E-state index contributed by atoms with van der Waals surface area (Å²) in [5.41, 5.74) is 0.209. The summed E-state index contributed by atoms with van der Waals surface area (Å²) in [6.45, 7) is 3.98. The van der Waals surface area contributed by atoms with Crippen LogP contribution >= 0.6 is 0 Å². The first kappa shape index (κ1) is 19.9. The molecule has 154 valence electrons. The smallest absolute Gasteiger partial charge is 0.264 e. The number of ether oxygens (including phenoxy) is 1. The van der Waals surface area contributed by atoms with Crippen LogP contribution < -0.4 is 9.64 Å². The van der Waals surface area contributed by atoms with Crippen LogP contribution in [0.2, 0.25) is 0 Å². The number of benzene rings is 2. The van der Waals surface area contributed by atoms with E-state index in [-0.39, 0.29) is 25.4 Å². The Balaban J connectivity index is 1.57. The number of rotatable bonds is 7. The minimum atomic E-state index is -1.92. The number of nitrogens with zero attached hydrogens (tertiary/aromatic N) is 1. The Morgan fingerprint density at radius 3 is 2.50 bits per heavy atom. The van der Waals surface area contributed by atoms with Crippen LogP contribution in [0.25, 0.3) is 0 Å². The third kappa shape index (κ3) is 3.39. The van der Waals surface area contributed by atoms with Gasteiger partial charge in [-0.2, -0.15) is 0 Å². The first-order valence-electron chi connectivity index (χ1n) is 9.81. The van der Waals surface area contributed by atoms with Crippen molar-refractivity contribution in [1.29, 1.82) is 0 Å². The fourth-order valence-corrected chi connectivity index (χ4v) is 3.98. The molecule has 0 bridgehead atoms. The molecule has 1 aliphatic rings. The molecule has 0 saturated carbocycles. The van der Waals surface area contributed by atoms with Gasteiger partial charge in [0.15, 0.2) is 11.4 Å². The van der Waals surface area contributed by atoms with Crippen LogP contribution in [0.1, 0.15) is 33.7 Å². The van der Waals surface area contributed by atoms with Crippen molar-refractivity contribution >= 4 is 17.4 Å². The standard InChI is InChI=1S/C24H23NO5/c1-16-15-30-17(2)22(16)21(26)14-24(28)19-10-6-7-11-20(19)25(23(24)27)12-13-29-18-8-4-3-5-9-18/h3-11,15,28H,12-14H2,1-2H3. The number of Topliss-reactive ketones (excluding diaryl/α,β-unsaturated/α-hetero) is 1. The van der Waals surface area contributed by atoms with Gasteiger partial charge < -0.3 is 19.2 Å². The number of hydrogen-bond donors (Lipinski definition) is 1. The summed E-state index contributed by atoms with van der Waals surface area (Å²) in [7, 11) is 0. The number of aliphatic hydroxyl groups is 1. The van der Waals surface area contributed by atoms with E-state index in [4.69, 9.17) is 9.15 Å². The molecule has 1 unspecified atom stereocenters. The van der Waals surface area contributed by atoms with Gasteiger partial charge in [-0.25, -0.2) is 0 Å². The summed E-state index contributed by atoms with van der Waals surface area (Å²) in [5.74, 6) is 0.334. The first-order chi connectivity index (χ1) is 14.4. The Bertz CT molecular complexity index is 1070. The summed E-state index contributed by atoms with van der Waals surface area (Å²) in [5, 5.41) is 11.4. The monoisotopic (exact) mass is 405 g/mol. The van der Waals surface area contributed by atoms with E-state index in [2.05, 4.69) is 0 Å². The average Bonchev–Trinajstić information content (AvgIpc) is 3.18. The van der Waals surface area contributed by atoms with Gasteiger partial charge in [0.2, 0.25) is 0 Å². The number of fused-ring (bicyclic) bond motifs is 1. The number of carbonyl (C=O) groups is 2. The highest BCUT2D eigenvalue weighted by Crippen LogP contribution is 2.43. The lowest BCUT2D eigenvalue weighted by Crippen LogP contribution is -2.43. The third-order valence-corrected chi connectivity index (χ3v) is 5.42. The molecule has 0 fully saturated rings. The van der Waals surface area contributed by atoms with Gasteiger partial charge in [0.05, 0.1) is 30.5 Å². The fraction of sp³-hybridized carbons (Fsp3) is 0.250. The van der Waals surface area contributed by atoms with Crippen LogP contribution in [-0.2, 0) is 10.4 Å². The molecular formula is C24H23NO5. The maximum atomic E-state index is 13.2. The molecule has 6 nitrogen and oxygen atoms in total. The molecule has 0 spiro atoms. The summed E-state index contributed by atoms with van der Waals surface area (Å²) in [4.78, 5) is 27.7. The zero-order valence-electron chi connectivity index (χ0n) is 16.9. The van der Waals surface area contributed by atoms with Crippen molar-refractivity contribution in [2.45, 2.75) is 25.9 Å². The number of carbonyl (C=O) groups excluding carboxylic acids is 2. The molecule has 0 saturated heterocycles. The molecule has 0 aliphatic carbocycles. The van der Waals surface area contributed by atoms with Gasteiger partial charge in [0.25, 0.3) is 5.91 Å². The maximum Gasteiger partial charge on any atom is 0.264 e. The Labute approximate surface area is 174 Å². The highest BCUT2D eigenvalue weighted by molar-refractivity contribution is 6.11. The minimum Gasteiger partial charge on any atom is -0.492 e. The predicted octanol–water partition coefficient (Wildman–Crippen LogP) is 3.78. The van der Waals surface area contributed by atoms with Gasteiger partial charge in [-0.15, -0.1) is 0 Å². The molecule has 3 aromatic rings. The van der Waals surface area contributed by atoms with Crippen LogP contribution in [0, 0.1) is 13.8 Å². The lowest BCUT2D eigenvalue weighted by Gasteiger charge is -2.23. The molecule has 1 atom stereocenters. The highest BCUT2D eigenvalue weighted by atomic mass is 16.5. The molecule has 1 N–H and O–H groups in total. The van der Waals surface area contributed by atoms with Crippen LogP contribution in [-0.4, -0.2) is 29.9 Å². The van der Waals surface area contributed by atoms with E-state index in [0.717, 1.165) is 0 Å². The molecule has 4 rings (SSSR count). The Kier molecular flexibility index (Phi) is 5.18. The van der Waals surface area contributed by atoms with E-state index in [1.54, 1.807) is 38.1 Å². The second kappa shape index (κ2) is 7.80. The van der Waals surface area contributed by atoms with E-state index in [1.165, 1.54) is 11.2 Å². The zero-order chi connectivity index (χ0) is 21.3. The van der Waals surface area contributed by atoms with Crippen molar-refractivity contribution in [1.82, 2.24) is 0 Å². The second-order valence-corrected chi connectivity index (χ2v) is 7.45.